The lowest BCUT2D eigenvalue weighted by molar-refractivity contribution is 0.386. The summed E-state index contributed by atoms with van der Waals surface area (Å²) in [6.07, 6.45) is 2.02. The van der Waals surface area contributed by atoms with E-state index in [1.165, 1.54) is 30.0 Å². The van der Waals surface area contributed by atoms with Crippen LogP contribution in [-0.4, -0.2) is 16.7 Å². The van der Waals surface area contributed by atoms with Crippen molar-refractivity contribution in [2.45, 2.75) is 19.9 Å². The van der Waals surface area contributed by atoms with Gasteiger partial charge in [0.25, 0.3) is 5.56 Å². The largest absolute Gasteiger partial charge is 0.494 e. The van der Waals surface area contributed by atoms with Crippen LogP contribution in [0.3, 0.4) is 0 Å². The zero-order chi connectivity index (χ0) is 14.7. The molecule has 0 atom stereocenters. The minimum Gasteiger partial charge on any atom is -0.494 e. The van der Waals surface area contributed by atoms with Gasteiger partial charge >= 0.3 is 5.69 Å². The molecule has 2 rings (SSSR count). The molecular weight excluding hydrogens is 263 g/mol. The van der Waals surface area contributed by atoms with E-state index in [2.05, 4.69) is 4.98 Å². The number of nitrogens with zero attached hydrogens (tertiary/aromatic N) is 1. The number of benzene rings is 1. The molecule has 2 aromatic rings. The number of nitrogens with one attached hydrogen (secondary N) is 1. The fourth-order valence-electron chi connectivity index (χ4n) is 1.93. The van der Waals surface area contributed by atoms with Crippen molar-refractivity contribution in [1.82, 2.24) is 9.55 Å². The lowest BCUT2D eigenvalue weighted by atomic mass is 10.2. The number of methoxy groups -OCH3 is 1. The minimum atomic E-state index is -0.511. The highest BCUT2D eigenvalue weighted by atomic mass is 19.1. The summed E-state index contributed by atoms with van der Waals surface area (Å²) in [5, 5.41) is 0. The van der Waals surface area contributed by atoms with E-state index < -0.39 is 11.5 Å². The Morgan fingerprint density at radius 2 is 2.10 bits per heavy atom. The van der Waals surface area contributed by atoms with Crippen molar-refractivity contribution in [3.63, 3.8) is 0 Å². The van der Waals surface area contributed by atoms with E-state index in [1.54, 1.807) is 6.07 Å². The molecule has 0 aliphatic rings. The van der Waals surface area contributed by atoms with Crippen molar-refractivity contribution in [3.8, 4) is 5.75 Å². The molecule has 1 N–H and O–H groups in total. The van der Waals surface area contributed by atoms with Crippen LogP contribution in [0.2, 0.25) is 0 Å². The third-order valence-corrected chi connectivity index (χ3v) is 3.03. The SMILES string of the molecule is CCc1cn(Cc2ccc(OC)c(F)c2)c(=O)[nH]c1=O. The molecule has 1 aromatic carbocycles. The second-order valence-electron chi connectivity index (χ2n) is 4.36. The first-order chi connectivity index (χ1) is 9.55. The van der Waals surface area contributed by atoms with Gasteiger partial charge in [-0.15, -0.1) is 0 Å². The molecular formula is C14H15FN2O3. The van der Waals surface area contributed by atoms with Gasteiger partial charge in [-0.1, -0.05) is 13.0 Å². The average Bonchev–Trinajstić information content (AvgIpc) is 2.42. The maximum Gasteiger partial charge on any atom is 0.328 e. The number of aromatic nitrogens is 2. The maximum absolute atomic E-state index is 13.6. The van der Waals surface area contributed by atoms with E-state index in [9.17, 15) is 14.0 Å². The zero-order valence-corrected chi connectivity index (χ0v) is 11.3. The lowest BCUT2D eigenvalue weighted by Crippen LogP contribution is -2.31. The fraction of sp³-hybridized carbons (Fsp3) is 0.286. The summed E-state index contributed by atoms with van der Waals surface area (Å²) in [6.45, 7) is 2.01. The van der Waals surface area contributed by atoms with Gasteiger partial charge in [0.05, 0.1) is 13.7 Å². The van der Waals surface area contributed by atoms with Crippen LogP contribution in [0.25, 0.3) is 0 Å². The number of rotatable bonds is 4. The number of hydrogen-bond acceptors (Lipinski definition) is 3. The van der Waals surface area contributed by atoms with E-state index in [0.717, 1.165) is 0 Å². The highest BCUT2D eigenvalue weighted by Crippen LogP contribution is 2.17. The van der Waals surface area contributed by atoms with Crippen LogP contribution in [0.15, 0.2) is 34.0 Å². The Morgan fingerprint density at radius 1 is 1.35 bits per heavy atom. The first kappa shape index (κ1) is 14.0. The topological polar surface area (TPSA) is 64.1 Å². The van der Waals surface area contributed by atoms with Crippen molar-refractivity contribution < 1.29 is 9.13 Å². The van der Waals surface area contributed by atoms with Crippen LogP contribution in [0.4, 0.5) is 4.39 Å². The molecule has 0 saturated carbocycles. The van der Waals surface area contributed by atoms with Crippen LogP contribution in [0.5, 0.6) is 5.75 Å². The van der Waals surface area contributed by atoms with Crippen LogP contribution < -0.4 is 16.0 Å². The minimum absolute atomic E-state index is 0.150. The third kappa shape index (κ3) is 2.79. The zero-order valence-electron chi connectivity index (χ0n) is 11.3. The molecule has 0 spiro atoms. The quantitative estimate of drug-likeness (QED) is 0.916. The first-order valence-corrected chi connectivity index (χ1v) is 6.20. The summed E-state index contributed by atoms with van der Waals surface area (Å²) in [4.78, 5) is 25.4. The number of ether oxygens (including phenoxy) is 1. The molecule has 106 valence electrons. The van der Waals surface area contributed by atoms with Gasteiger partial charge in [-0.05, 0) is 24.1 Å². The molecule has 0 unspecified atom stereocenters. The molecule has 0 aliphatic carbocycles. The number of aryl methyl sites for hydroxylation is 1. The van der Waals surface area contributed by atoms with Gasteiger partial charge in [0.1, 0.15) is 0 Å². The Kier molecular flexibility index (Phi) is 4.02. The Balaban J connectivity index is 2.37. The van der Waals surface area contributed by atoms with Crippen molar-refractivity contribution in [1.29, 1.82) is 0 Å². The molecule has 0 radical (unpaired) electrons. The van der Waals surface area contributed by atoms with Crippen molar-refractivity contribution in [2.24, 2.45) is 0 Å². The van der Waals surface area contributed by atoms with Gasteiger partial charge in [0, 0.05) is 11.8 Å². The smallest absolute Gasteiger partial charge is 0.328 e. The second-order valence-corrected chi connectivity index (χ2v) is 4.36. The number of H-pyrrole nitrogens is 1. The highest BCUT2D eigenvalue weighted by molar-refractivity contribution is 5.29. The molecule has 0 saturated heterocycles. The van der Waals surface area contributed by atoms with E-state index in [1.807, 2.05) is 6.92 Å². The maximum atomic E-state index is 13.6. The predicted molar refractivity (Wildman–Crippen MR) is 72.8 cm³/mol. The molecule has 6 heteroatoms. The number of hydrogen-bond donors (Lipinski definition) is 1. The molecule has 0 fully saturated rings. The van der Waals surface area contributed by atoms with Crippen LogP contribution in [0.1, 0.15) is 18.1 Å². The van der Waals surface area contributed by atoms with Crippen LogP contribution in [-0.2, 0) is 13.0 Å². The van der Waals surface area contributed by atoms with Gasteiger partial charge < -0.3 is 4.74 Å². The Morgan fingerprint density at radius 3 is 2.70 bits per heavy atom. The summed E-state index contributed by atoms with van der Waals surface area (Å²) in [6, 6.07) is 4.48. The first-order valence-electron chi connectivity index (χ1n) is 6.20. The summed E-state index contributed by atoms with van der Waals surface area (Å²) < 4.78 is 19.8. The van der Waals surface area contributed by atoms with E-state index in [0.29, 0.717) is 17.5 Å². The molecule has 0 amide bonds. The van der Waals surface area contributed by atoms with Gasteiger partial charge in [-0.3, -0.25) is 14.3 Å². The van der Waals surface area contributed by atoms with Gasteiger partial charge in [0.2, 0.25) is 0 Å². The fourth-order valence-corrected chi connectivity index (χ4v) is 1.93. The van der Waals surface area contributed by atoms with Crippen molar-refractivity contribution >= 4 is 0 Å². The van der Waals surface area contributed by atoms with Crippen LogP contribution in [0, 0.1) is 5.82 Å². The van der Waals surface area contributed by atoms with Gasteiger partial charge in [-0.25, -0.2) is 9.18 Å². The summed E-state index contributed by atoms with van der Waals surface area (Å²) in [7, 11) is 1.39. The summed E-state index contributed by atoms with van der Waals surface area (Å²) in [5.41, 5.74) is 0.233. The third-order valence-electron chi connectivity index (χ3n) is 3.03. The Hall–Kier alpha value is -2.37. The molecule has 5 nitrogen and oxygen atoms in total. The van der Waals surface area contributed by atoms with E-state index in [-0.39, 0.29) is 17.9 Å². The monoisotopic (exact) mass is 278 g/mol. The normalized spacial score (nSPS) is 10.6. The van der Waals surface area contributed by atoms with Crippen molar-refractivity contribution in [3.05, 3.63) is 62.2 Å². The number of halogens is 1. The Labute approximate surface area is 114 Å². The standard InChI is InChI=1S/C14H15FN2O3/c1-3-10-8-17(14(19)16-13(10)18)7-9-4-5-12(20-2)11(15)6-9/h4-6,8H,3,7H2,1-2H3,(H,16,18,19). The Bertz CT molecular complexity index is 734. The average molecular weight is 278 g/mol. The molecule has 1 heterocycles. The van der Waals surface area contributed by atoms with E-state index >= 15 is 0 Å². The molecule has 20 heavy (non-hydrogen) atoms. The lowest BCUT2D eigenvalue weighted by Gasteiger charge is -2.08. The highest BCUT2D eigenvalue weighted by Gasteiger charge is 2.07. The number of aromatic amines is 1. The summed E-state index contributed by atoms with van der Waals surface area (Å²) >= 11 is 0. The van der Waals surface area contributed by atoms with Gasteiger partial charge in [-0.2, -0.15) is 0 Å². The molecule has 1 aromatic heterocycles. The molecule has 0 aliphatic heterocycles. The second kappa shape index (κ2) is 5.73. The van der Waals surface area contributed by atoms with E-state index in [4.69, 9.17) is 4.74 Å². The molecule has 0 bridgehead atoms. The van der Waals surface area contributed by atoms with Crippen LogP contribution >= 0.6 is 0 Å². The van der Waals surface area contributed by atoms with Crippen molar-refractivity contribution in [2.75, 3.05) is 7.11 Å². The summed E-state index contributed by atoms with van der Waals surface area (Å²) in [5.74, 6) is -0.338. The predicted octanol–water partition coefficient (Wildman–Crippen LogP) is 1.29. The van der Waals surface area contributed by atoms with Gasteiger partial charge in [0.15, 0.2) is 11.6 Å².